The molecule has 0 aliphatic heterocycles. The number of nitrogens with one attached hydrogen (secondary N) is 1. The summed E-state index contributed by atoms with van der Waals surface area (Å²) >= 11 is 1.69. The van der Waals surface area contributed by atoms with Gasteiger partial charge in [-0.15, -0.1) is 11.3 Å². The number of rotatable bonds is 6. The lowest BCUT2D eigenvalue weighted by Gasteiger charge is -2.08. The van der Waals surface area contributed by atoms with Crippen LogP contribution in [-0.4, -0.2) is 27.4 Å². The number of hydrogen-bond acceptors (Lipinski definition) is 6. The molecule has 0 bridgehead atoms. The number of aryl methyl sites for hydroxylation is 2. The summed E-state index contributed by atoms with van der Waals surface area (Å²) < 4.78 is 0. The zero-order valence-electron chi connectivity index (χ0n) is 13.8. The van der Waals surface area contributed by atoms with Gasteiger partial charge >= 0.3 is 0 Å². The van der Waals surface area contributed by atoms with Gasteiger partial charge in [-0.2, -0.15) is 0 Å². The van der Waals surface area contributed by atoms with Crippen molar-refractivity contribution < 1.29 is 5.21 Å². The van der Waals surface area contributed by atoms with E-state index in [1.807, 2.05) is 30.3 Å². The van der Waals surface area contributed by atoms with Gasteiger partial charge in [0.2, 0.25) is 0 Å². The Bertz CT molecular complexity index is 858. The zero-order valence-corrected chi connectivity index (χ0v) is 14.6. The third-order valence-electron chi connectivity index (χ3n) is 4.08. The molecule has 0 spiro atoms. The highest BCUT2D eigenvalue weighted by Gasteiger charge is 2.11. The highest BCUT2D eigenvalue weighted by molar-refractivity contribution is 7.18. The highest BCUT2D eigenvalue weighted by atomic mass is 32.1. The summed E-state index contributed by atoms with van der Waals surface area (Å²) in [5.74, 6) is 0.879. The highest BCUT2D eigenvalue weighted by Crippen LogP contribution is 2.32. The van der Waals surface area contributed by atoms with E-state index in [1.54, 1.807) is 17.7 Å². The van der Waals surface area contributed by atoms with Crippen molar-refractivity contribution in [2.75, 3.05) is 11.9 Å². The van der Waals surface area contributed by atoms with Gasteiger partial charge in [0.25, 0.3) is 0 Å². The first-order chi connectivity index (χ1) is 11.7. The molecule has 1 aromatic carbocycles. The van der Waals surface area contributed by atoms with Gasteiger partial charge in [0.15, 0.2) is 0 Å². The Balaban J connectivity index is 1.63. The van der Waals surface area contributed by atoms with Crippen LogP contribution in [0.25, 0.3) is 10.2 Å². The predicted octanol–water partition coefficient (Wildman–Crippen LogP) is 4.38. The molecule has 0 saturated heterocycles. The lowest BCUT2D eigenvalue weighted by molar-refractivity contribution is 0.318. The Hall–Kier alpha value is -2.47. The first-order valence-electron chi connectivity index (χ1n) is 7.91. The maximum atomic E-state index is 9.22. The van der Waals surface area contributed by atoms with Gasteiger partial charge in [-0.05, 0) is 37.8 Å². The molecular weight excluding hydrogens is 320 g/mol. The summed E-state index contributed by atoms with van der Waals surface area (Å²) in [5, 5.41) is 17.2. The number of aromatic nitrogens is 2. The standard InChI is InChI=1S/C18H20N4OS/c1-12-13(2)24-18-16(12)17(20-11-21-18)19-10-6-9-15(22-23)14-7-4-3-5-8-14/h3-5,7-8,11,23H,6,9-10H2,1-2H3,(H,19,20,21). The van der Waals surface area contributed by atoms with E-state index in [2.05, 4.69) is 34.3 Å². The molecule has 0 saturated carbocycles. The van der Waals surface area contributed by atoms with E-state index in [0.29, 0.717) is 12.1 Å². The van der Waals surface area contributed by atoms with Crippen molar-refractivity contribution in [3.63, 3.8) is 0 Å². The van der Waals surface area contributed by atoms with Crippen LogP contribution in [0.5, 0.6) is 0 Å². The van der Waals surface area contributed by atoms with E-state index in [-0.39, 0.29) is 0 Å². The Morgan fingerprint density at radius 3 is 2.75 bits per heavy atom. The van der Waals surface area contributed by atoms with E-state index >= 15 is 0 Å². The summed E-state index contributed by atoms with van der Waals surface area (Å²) in [6.45, 7) is 4.97. The van der Waals surface area contributed by atoms with E-state index in [0.717, 1.165) is 34.6 Å². The van der Waals surface area contributed by atoms with Gasteiger partial charge in [-0.3, -0.25) is 0 Å². The van der Waals surface area contributed by atoms with E-state index in [9.17, 15) is 5.21 Å². The van der Waals surface area contributed by atoms with Crippen LogP contribution >= 0.6 is 11.3 Å². The lowest BCUT2D eigenvalue weighted by atomic mass is 10.1. The molecule has 0 aliphatic rings. The fraction of sp³-hybridized carbons (Fsp3) is 0.278. The second-order valence-corrected chi connectivity index (χ2v) is 6.83. The molecule has 24 heavy (non-hydrogen) atoms. The number of thiophene rings is 1. The fourth-order valence-electron chi connectivity index (χ4n) is 2.66. The SMILES string of the molecule is Cc1sc2ncnc(NCCCC(=NO)c3ccccc3)c2c1C. The lowest BCUT2D eigenvalue weighted by Crippen LogP contribution is -2.08. The normalized spacial score (nSPS) is 11.8. The van der Waals surface area contributed by atoms with E-state index < -0.39 is 0 Å². The molecule has 0 atom stereocenters. The largest absolute Gasteiger partial charge is 0.411 e. The molecule has 6 heteroatoms. The Morgan fingerprint density at radius 2 is 2.00 bits per heavy atom. The zero-order chi connectivity index (χ0) is 16.9. The molecular formula is C18H20N4OS. The van der Waals surface area contributed by atoms with Crippen molar-refractivity contribution in [1.29, 1.82) is 0 Å². The fourth-order valence-corrected chi connectivity index (χ4v) is 3.66. The topological polar surface area (TPSA) is 70.4 Å². The van der Waals surface area contributed by atoms with Gasteiger partial charge in [0, 0.05) is 11.4 Å². The minimum atomic E-state index is 0.698. The molecule has 0 unspecified atom stereocenters. The number of nitrogens with zero attached hydrogens (tertiary/aromatic N) is 3. The molecule has 3 rings (SSSR count). The summed E-state index contributed by atoms with van der Waals surface area (Å²) in [4.78, 5) is 11.0. The minimum absolute atomic E-state index is 0.698. The average Bonchev–Trinajstić information content (AvgIpc) is 2.91. The van der Waals surface area contributed by atoms with Gasteiger partial charge in [0.05, 0.1) is 11.1 Å². The molecule has 2 N–H and O–H groups in total. The molecule has 5 nitrogen and oxygen atoms in total. The van der Waals surface area contributed by atoms with Crippen molar-refractivity contribution in [3.05, 3.63) is 52.7 Å². The second-order valence-electron chi connectivity index (χ2n) is 5.63. The van der Waals surface area contributed by atoms with Crippen LogP contribution in [0.15, 0.2) is 41.8 Å². The quantitative estimate of drug-likeness (QED) is 0.302. The number of fused-ring (bicyclic) bond motifs is 1. The van der Waals surface area contributed by atoms with Gasteiger partial charge in [-0.25, -0.2) is 9.97 Å². The van der Waals surface area contributed by atoms with Gasteiger partial charge in [0.1, 0.15) is 17.0 Å². The summed E-state index contributed by atoms with van der Waals surface area (Å²) in [6, 6.07) is 9.74. The third kappa shape index (κ3) is 3.38. The Kier molecular flexibility index (Phi) is 5.05. The smallest absolute Gasteiger partial charge is 0.138 e. The first kappa shape index (κ1) is 16.4. The maximum absolute atomic E-state index is 9.22. The molecule has 0 amide bonds. The number of anilines is 1. The van der Waals surface area contributed by atoms with Crippen LogP contribution in [0, 0.1) is 13.8 Å². The van der Waals surface area contributed by atoms with Crippen molar-refractivity contribution in [3.8, 4) is 0 Å². The van der Waals surface area contributed by atoms with Crippen molar-refractivity contribution in [2.45, 2.75) is 26.7 Å². The third-order valence-corrected chi connectivity index (χ3v) is 5.19. The van der Waals surface area contributed by atoms with Crippen LogP contribution < -0.4 is 5.32 Å². The van der Waals surface area contributed by atoms with Crippen LogP contribution in [-0.2, 0) is 0 Å². The summed E-state index contributed by atoms with van der Waals surface area (Å²) in [6.07, 6.45) is 3.15. The summed E-state index contributed by atoms with van der Waals surface area (Å²) in [7, 11) is 0. The van der Waals surface area contributed by atoms with Crippen LogP contribution in [0.3, 0.4) is 0 Å². The Morgan fingerprint density at radius 1 is 1.21 bits per heavy atom. The number of oxime groups is 1. The second kappa shape index (κ2) is 7.40. The molecule has 2 heterocycles. The first-order valence-corrected chi connectivity index (χ1v) is 8.73. The molecule has 3 aromatic rings. The molecule has 0 aliphatic carbocycles. The summed E-state index contributed by atoms with van der Waals surface area (Å²) in [5.41, 5.74) is 2.89. The molecule has 0 fully saturated rings. The van der Waals surface area contributed by atoms with Gasteiger partial charge < -0.3 is 10.5 Å². The van der Waals surface area contributed by atoms with Crippen molar-refractivity contribution >= 4 is 33.1 Å². The Labute approximate surface area is 145 Å². The molecule has 0 radical (unpaired) electrons. The average molecular weight is 340 g/mol. The monoisotopic (exact) mass is 340 g/mol. The molecule has 124 valence electrons. The number of hydrogen-bond donors (Lipinski definition) is 2. The van der Waals surface area contributed by atoms with Crippen LogP contribution in [0.4, 0.5) is 5.82 Å². The van der Waals surface area contributed by atoms with E-state index in [1.165, 1.54) is 10.4 Å². The predicted molar refractivity (Wildman–Crippen MR) is 99.4 cm³/mol. The maximum Gasteiger partial charge on any atom is 0.138 e. The van der Waals surface area contributed by atoms with Crippen LogP contribution in [0.1, 0.15) is 28.8 Å². The molecule has 2 aromatic heterocycles. The van der Waals surface area contributed by atoms with E-state index in [4.69, 9.17) is 0 Å². The van der Waals surface area contributed by atoms with Crippen molar-refractivity contribution in [2.24, 2.45) is 5.16 Å². The van der Waals surface area contributed by atoms with Gasteiger partial charge in [-0.1, -0.05) is 35.5 Å². The number of benzene rings is 1. The van der Waals surface area contributed by atoms with Crippen LogP contribution in [0.2, 0.25) is 0 Å². The minimum Gasteiger partial charge on any atom is -0.411 e. The van der Waals surface area contributed by atoms with Crippen molar-refractivity contribution in [1.82, 2.24) is 9.97 Å².